The zero-order valence-corrected chi connectivity index (χ0v) is 16.6. The standard InChI is InChI=1S/C20H26N4O4/c1-4-24-19(26)14-11-16-17(28-10-9-27-16)12-15(14)21-20(24)23-7-5-22(6-8-23)18(25)13(2)3/h11-13H,4-10H2,1-3H3. The van der Waals surface area contributed by atoms with E-state index in [0.29, 0.717) is 74.3 Å². The van der Waals surface area contributed by atoms with E-state index in [-0.39, 0.29) is 17.4 Å². The predicted octanol–water partition coefficient (Wildman–Crippen LogP) is 1.49. The highest BCUT2D eigenvalue weighted by atomic mass is 16.6. The Bertz CT molecular complexity index is 961. The van der Waals surface area contributed by atoms with Crippen LogP contribution in [0.5, 0.6) is 11.5 Å². The first-order valence-corrected chi connectivity index (χ1v) is 9.87. The van der Waals surface area contributed by atoms with Crippen LogP contribution in [0.2, 0.25) is 0 Å². The van der Waals surface area contributed by atoms with Gasteiger partial charge in [0.15, 0.2) is 11.5 Å². The molecule has 0 unspecified atom stereocenters. The molecule has 1 aromatic carbocycles. The van der Waals surface area contributed by atoms with Crippen LogP contribution in [0.15, 0.2) is 16.9 Å². The lowest BCUT2D eigenvalue weighted by molar-refractivity contribution is -0.134. The first-order chi connectivity index (χ1) is 13.5. The van der Waals surface area contributed by atoms with E-state index in [1.807, 2.05) is 25.7 Å². The second-order valence-electron chi connectivity index (χ2n) is 7.44. The van der Waals surface area contributed by atoms with Crippen LogP contribution in [-0.2, 0) is 11.3 Å². The molecular formula is C20H26N4O4. The summed E-state index contributed by atoms with van der Waals surface area (Å²) >= 11 is 0. The van der Waals surface area contributed by atoms with Crippen molar-refractivity contribution in [2.45, 2.75) is 27.3 Å². The lowest BCUT2D eigenvalue weighted by Crippen LogP contribution is -2.51. The number of carbonyl (C=O) groups is 1. The van der Waals surface area contributed by atoms with Gasteiger partial charge in [0.1, 0.15) is 13.2 Å². The van der Waals surface area contributed by atoms with Gasteiger partial charge in [-0.05, 0) is 13.0 Å². The summed E-state index contributed by atoms with van der Waals surface area (Å²) in [5, 5.41) is 0.531. The smallest absolute Gasteiger partial charge is 0.262 e. The molecular weight excluding hydrogens is 360 g/mol. The molecule has 28 heavy (non-hydrogen) atoms. The molecule has 0 atom stereocenters. The summed E-state index contributed by atoms with van der Waals surface area (Å²) < 4.78 is 12.9. The third-order valence-electron chi connectivity index (χ3n) is 5.28. The summed E-state index contributed by atoms with van der Waals surface area (Å²) in [5.41, 5.74) is 0.523. The molecule has 1 amide bonds. The lowest BCUT2D eigenvalue weighted by Gasteiger charge is -2.36. The number of piperazine rings is 1. The van der Waals surface area contributed by atoms with E-state index >= 15 is 0 Å². The molecule has 8 heteroatoms. The maximum absolute atomic E-state index is 13.1. The van der Waals surface area contributed by atoms with E-state index in [1.165, 1.54) is 0 Å². The quantitative estimate of drug-likeness (QED) is 0.796. The van der Waals surface area contributed by atoms with E-state index in [9.17, 15) is 9.59 Å². The highest BCUT2D eigenvalue weighted by Crippen LogP contribution is 2.33. The van der Waals surface area contributed by atoms with Crippen molar-refractivity contribution in [2.75, 3.05) is 44.3 Å². The molecule has 1 saturated heterocycles. The summed E-state index contributed by atoms with van der Waals surface area (Å²) in [5.74, 6) is 2.02. The van der Waals surface area contributed by atoms with Gasteiger partial charge in [-0.3, -0.25) is 14.2 Å². The van der Waals surface area contributed by atoms with Crippen LogP contribution in [0.1, 0.15) is 20.8 Å². The van der Waals surface area contributed by atoms with Crippen LogP contribution in [0.3, 0.4) is 0 Å². The first-order valence-electron chi connectivity index (χ1n) is 9.87. The number of carbonyl (C=O) groups excluding carboxylic acids is 1. The van der Waals surface area contributed by atoms with Gasteiger partial charge >= 0.3 is 0 Å². The Hall–Kier alpha value is -2.77. The van der Waals surface area contributed by atoms with Crippen molar-refractivity contribution >= 4 is 22.8 Å². The Labute approximate surface area is 163 Å². The molecule has 0 saturated carbocycles. The monoisotopic (exact) mass is 386 g/mol. The van der Waals surface area contributed by atoms with Crippen LogP contribution in [-0.4, -0.2) is 59.8 Å². The lowest BCUT2D eigenvalue weighted by atomic mass is 10.1. The van der Waals surface area contributed by atoms with E-state index in [0.717, 1.165) is 0 Å². The molecule has 150 valence electrons. The SMILES string of the molecule is CCn1c(N2CCN(C(=O)C(C)C)CC2)nc2cc3c(cc2c1=O)OCCO3. The normalized spacial score (nSPS) is 16.7. The van der Waals surface area contributed by atoms with Crippen molar-refractivity contribution in [3.05, 3.63) is 22.5 Å². The average molecular weight is 386 g/mol. The fourth-order valence-corrected chi connectivity index (χ4v) is 3.76. The Morgan fingerprint density at radius 1 is 1.11 bits per heavy atom. The molecule has 0 spiro atoms. The van der Waals surface area contributed by atoms with Gasteiger partial charge in [0.05, 0.1) is 10.9 Å². The number of anilines is 1. The highest BCUT2D eigenvalue weighted by molar-refractivity contribution is 5.83. The highest BCUT2D eigenvalue weighted by Gasteiger charge is 2.26. The Morgan fingerprint density at radius 2 is 1.75 bits per heavy atom. The zero-order chi connectivity index (χ0) is 19.8. The van der Waals surface area contributed by atoms with Crippen molar-refractivity contribution in [1.82, 2.24) is 14.5 Å². The number of aromatic nitrogens is 2. The zero-order valence-electron chi connectivity index (χ0n) is 16.6. The molecule has 0 bridgehead atoms. The van der Waals surface area contributed by atoms with Crippen LogP contribution >= 0.6 is 0 Å². The molecule has 0 radical (unpaired) electrons. The molecule has 1 fully saturated rings. The van der Waals surface area contributed by atoms with Crippen molar-refractivity contribution in [2.24, 2.45) is 5.92 Å². The number of benzene rings is 1. The maximum atomic E-state index is 13.1. The number of rotatable bonds is 3. The van der Waals surface area contributed by atoms with Gasteiger partial charge in [0.25, 0.3) is 5.56 Å². The molecule has 2 aliphatic rings. The second-order valence-corrected chi connectivity index (χ2v) is 7.44. The van der Waals surface area contributed by atoms with Gasteiger partial charge in [-0.15, -0.1) is 0 Å². The van der Waals surface area contributed by atoms with E-state index < -0.39 is 0 Å². The van der Waals surface area contributed by atoms with Gasteiger partial charge in [0, 0.05) is 44.7 Å². The Morgan fingerprint density at radius 3 is 2.36 bits per heavy atom. The fraction of sp³-hybridized carbons (Fsp3) is 0.550. The van der Waals surface area contributed by atoms with Crippen molar-refractivity contribution in [3.63, 3.8) is 0 Å². The average Bonchev–Trinajstić information content (AvgIpc) is 2.72. The number of nitrogens with zero attached hydrogens (tertiary/aromatic N) is 4. The number of hydrogen-bond acceptors (Lipinski definition) is 6. The summed E-state index contributed by atoms with van der Waals surface area (Å²) in [6, 6.07) is 3.52. The molecule has 4 rings (SSSR count). The second kappa shape index (κ2) is 7.33. The van der Waals surface area contributed by atoms with Crippen molar-refractivity contribution in [3.8, 4) is 11.5 Å². The van der Waals surface area contributed by atoms with E-state index in [2.05, 4.69) is 4.90 Å². The fourth-order valence-electron chi connectivity index (χ4n) is 3.76. The first kappa shape index (κ1) is 18.6. The Balaban J connectivity index is 1.69. The van der Waals surface area contributed by atoms with Crippen molar-refractivity contribution < 1.29 is 14.3 Å². The molecule has 2 aromatic rings. The Kier molecular flexibility index (Phi) is 4.87. The number of amides is 1. The van der Waals surface area contributed by atoms with Crippen LogP contribution < -0.4 is 19.9 Å². The molecule has 0 aliphatic carbocycles. The summed E-state index contributed by atoms with van der Waals surface area (Å²) in [7, 11) is 0. The van der Waals surface area contributed by atoms with Gasteiger partial charge in [-0.25, -0.2) is 4.98 Å². The number of fused-ring (bicyclic) bond motifs is 2. The predicted molar refractivity (Wildman–Crippen MR) is 106 cm³/mol. The minimum Gasteiger partial charge on any atom is -0.486 e. The van der Waals surface area contributed by atoms with Gasteiger partial charge < -0.3 is 19.3 Å². The number of hydrogen-bond donors (Lipinski definition) is 0. The third kappa shape index (κ3) is 3.16. The molecule has 3 heterocycles. The maximum Gasteiger partial charge on any atom is 0.262 e. The topological polar surface area (TPSA) is 76.9 Å². The molecule has 2 aliphatic heterocycles. The minimum atomic E-state index is -0.0832. The van der Waals surface area contributed by atoms with Crippen LogP contribution in [0.25, 0.3) is 10.9 Å². The van der Waals surface area contributed by atoms with Gasteiger partial charge in [-0.2, -0.15) is 0 Å². The molecule has 8 nitrogen and oxygen atoms in total. The summed E-state index contributed by atoms with van der Waals surface area (Å²) in [4.78, 5) is 34.1. The van der Waals surface area contributed by atoms with Crippen LogP contribution in [0, 0.1) is 5.92 Å². The largest absolute Gasteiger partial charge is 0.486 e. The minimum absolute atomic E-state index is 0.00689. The van der Waals surface area contributed by atoms with E-state index in [1.54, 1.807) is 16.7 Å². The molecule has 0 N–H and O–H groups in total. The summed E-state index contributed by atoms with van der Waals surface area (Å²) in [6.45, 7) is 9.84. The van der Waals surface area contributed by atoms with Crippen LogP contribution in [0.4, 0.5) is 5.95 Å². The third-order valence-corrected chi connectivity index (χ3v) is 5.28. The molecule has 1 aromatic heterocycles. The van der Waals surface area contributed by atoms with E-state index in [4.69, 9.17) is 14.5 Å². The number of ether oxygens (including phenoxy) is 2. The summed E-state index contributed by atoms with van der Waals surface area (Å²) in [6.07, 6.45) is 0. The van der Waals surface area contributed by atoms with Gasteiger partial charge in [0.2, 0.25) is 11.9 Å². The van der Waals surface area contributed by atoms with Gasteiger partial charge in [-0.1, -0.05) is 13.8 Å². The van der Waals surface area contributed by atoms with Crippen molar-refractivity contribution in [1.29, 1.82) is 0 Å².